The summed E-state index contributed by atoms with van der Waals surface area (Å²) in [5.41, 5.74) is -0.375. The number of carbonyl (C=O) groups is 2. The molecule has 0 unspecified atom stereocenters. The van der Waals surface area contributed by atoms with Crippen LogP contribution in [-0.4, -0.2) is 38.9 Å². The summed E-state index contributed by atoms with van der Waals surface area (Å²) in [5.74, 6) is -2.01. The molecule has 0 aliphatic heterocycles. The number of rotatable bonds is 6. The van der Waals surface area contributed by atoms with Crippen molar-refractivity contribution in [3.05, 3.63) is 0 Å². The van der Waals surface area contributed by atoms with Crippen molar-refractivity contribution in [1.29, 1.82) is 0 Å². The average Bonchev–Trinajstić information content (AvgIpc) is 2.28. The summed E-state index contributed by atoms with van der Waals surface area (Å²) in [6.45, 7) is 3.78. The molecular formula is C11H20O5. The molecule has 0 aromatic rings. The van der Waals surface area contributed by atoms with E-state index in [9.17, 15) is 9.59 Å². The lowest BCUT2D eigenvalue weighted by molar-refractivity contribution is -0.159. The molecule has 0 atom stereocenters. The number of carbonyl (C=O) groups excluding carboxylic acids is 2. The molecule has 0 aromatic heterocycles. The van der Waals surface area contributed by atoms with Crippen molar-refractivity contribution in [2.75, 3.05) is 21.3 Å². The molecule has 0 fully saturated rings. The van der Waals surface area contributed by atoms with Crippen LogP contribution >= 0.6 is 0 Å². The highest BCUT2D eigenvalue weighted by atomic mass is 16.5. The van der Waals surface area contributed by atoms with Crippen molar-refractivity contribution >= 4 is 11.9 Å². The first-order chi connectivity index (χ1) is 7.37. The SMILES string of the molecule is COC(=O)C(CCC(C)(C)OC)C(=O)OC. The molecule has 94 valence electrons. The predicted molar refractivity (Wildman–Crippen MR) is 57.8 cm³/mol. The van der Waals surface area contributed by atoms with Gasteiger partial charge in [0.05, 0.1) is 19.8 Å². The summed E-state index contributed by atoms with van der Waals surface area (Å²) in [5, 5.41) is 0. The minimum atomic E-state index is -0.871. The van der Waals surface area contributed by atoms with E-state index < -0.39 is 17.9 Å². The fourth-order valence-electron chi connectivity index (χ4n) is 1.21. The standard InChI is InChI=1S/C11H20O5/c1-11(2,16-5)7-6-8(9(12)14-3)10(13)15-4/h8H,6-7H2,1-5H3. The molecule has 0 spiro atoms. The van der Waals surface area contributed by atoms with E-state index in [0.717, 1.165) is 0 Å². The first-order valence-corrected chi connectivity index (χ1v) is 5.08. The lowest BCUT2D eigenvalue weighted by atomic mass is 9.95. The minimum absolute atomic E-state index is 0.347. The van der Waals surface area contributed by atoms with E-state index in [1.54, 1.807) is 7.11 Å². The second kappa shape index (κ2) is 6.48. The quantitative estimate of drug-likeness (QED) is 0.508. The summed E-state index contributed by atoms with van der Waals surface area (Å²) in [6.07, 6.45) is 0.915. The van der Waals surface area contributed by atoms with Gasteiger partial charge in [-0.1, -0.05) is 0 Å². The Labute approximate surface area is 96.1 Å². The molecule has 0 aliphatic rings. The second-order valence-electron chi connectivity index (χ2n) is 4.10. The summed E-state index contributed by atoms with van der Waals surface area (Å²) < 4.78 is 14.3. The van der Waals surface area contributed by atoms with E-state index in [2.05, 4.69) is 9.47 Å². The Hall–Kier alpha value is -1.10. The maximum atomic E-state index is 11.4. The van der Waals surface area contributed by atoms with Crippen LogP contribution in [0.15, 0.2) is 0 Å². The first kappa shape index (κ1) is 14.9. The van der Waals surface area contributed by atoms with Crippen LogP contribution in [0.2, 0.25) is 0 Å². The summed E-state index contributed by atoms with van der Waals surface area (Å²) in [6, 6.07) is 0. The molecule has 0 N–H and O–H groups in total. The first-order valence-electron chi connectivity index (χ1n) is 5.08. The molecule has 0 amide bonds. The van der Waals surface area contributed by atoms with Crippen molar-refractivity contribution in [3.63, 3.8) is 0 Å². The lowest BCUT2D eigenvalue weighted by Gasteiger charge is -2.24. The summed E-state index contributed by atoms with van der Waals surface area (Å²) in [4.78, 5) is 22.7. The molecule has 16 heavy (non-hydrogen) atoms. The van der Waals surface area contributed by atoms with Crippen LogP contribution in [-0.2, 0) is 23.8 Å². The maximum Gasteiger partial charge on any atom is 0.320 e. The van der Waals surface area contributed by atoms with Crippen molar-refractivity contribution in [2.45, 2.75) is 32.3 Å². The molecule has 0 heterocycles. The van der Waals surface area contributed by atoms with Crippen LogP contribution in [0.1, 0.15) is 26.7 Å². The van der Waals surface area contributed by atoms with E-state index in [1.807, 2.05) is 13.8 Å². The maximum absolute atomic E-state index is 11.4. The van der Waals surface area contributed by atoms with Gasteiger partial charge in [0.25, 0.3) is 0 Å². The van der Waals surface area contributed by atoms with E-state index in [1.165, 1.54) is 14.2 Å². The third-order valence-electron chi connectivity index (χ3n) is 2.56. The van der Waals surface area contributed by atoms with Crippen molar-refractivity contribution < 1.29 is 23.8 Å². The molecule has 0 bridgehead atoms. The third kappa shape index (κ3) is 4.61. The van der Waals surface area contributed by atoms with Crippen LogP contribution in [0.5, 0.6) is 0 Å². The predicted octanol–water partition coefficient (Wildman–Crippen LogP) is 1.15. The van der Waals surface area contributed by atoms with E-state index in [4.69, 9.17) is 4.74 Å². The van der Waals surface area contributed by atoms with Gasteiger partial charge in [-0.3, -0.25) is 9.59 Å². The fourth-order valence-corrected chi connectivity index (χ4v) is 1.21. The van der Waals surface area contributed by atoms with Gasteiger partial charge in [0.1, 0.15) is 0 Å². The Morgan fingerprint density at radius 1 is 1.06 bits per heavy atom. The highest BCUT2D eigenvalue weighted by molar-refractivity contribution is 5.94. The van der Waals surface area contributed by atoms with Gasteiger partial charge in [0.15, 0.2) is 5.92 Å². The molecule has 0 saturated heterocycles. The second-order valence-corrected chi connectivity index (χ2v) is 4.10. The highest BCUT2D eigenvalue weighted by Crippen LogP contribution is 2.20. The van der Waals surface area contributed by atoms with Crippen molar-refractivity contribution in [3.8, 4) is 0 Å². The Balaban J connectivity index is 4.45. The van der Waals surface area contributed by atoms with Gasteiger partial charge >= 0.3 is 11.9 Å². The van der Waals surface area contributed by atoms with Crippen LogP contribution in [0.4, 0.5) is 0 Å². The topological polar surface area (TPSA) is 61.8 Å². The van der Waals surface area contributed by atoms with Crippen LogP contribution < -0.4 is 0 Å². The van der Waals surface area contributed by atoms with Crippen molar-refractivity contribution in [2.24, 2.45) is 5.92 Å². The normalized spacial score (nSPS) is 11.4. The van der Waals surface area contributed by atoms with Gasteiger partial charge in [-0.2, -0.15) is 0 Å². The summed E-state index contributed by atoms with van der Waals surface area (Å²) in [7, 11) is 4.09. The zero-order valence-electron chi connectivity index (χ0n) is 10.5. The fraction of sp³-hybridized carbons (Fsp3) is 0.818. The number of hydrogen-bond acceptors (Lipinski definition) is 5. The Kier molecular flexibility index (Phi) is 6.03. The molecule has 0 rings (SSSR count). The lowest BCUT2D eigenvalue weighted by Crippen LogP contribution is -2.30. The van der Waals surface area contributed by atoms with Gasteiger partial charge in [-0.05, 0) is 26.7 Å². The molecule has 0 aliphatic carbocycles. The van der Waals surface area contributed by atoms with Crippen LogP contribution in [0, 0.1) is 5.92 Å². The molecular weight excluding hydrogens is 212 g/mol. The number of hydrogen-bond donors (Lipinski definition) is 0. The number of esters is 2. The van der Waals surface area contributed by atoms with E-state index in [0.29, 0.717) is 12.8 Å². The average molecular weight is 232 g/mol. The van der Waals surface area contributed by atoms with Crippen LogP contribution in [0.3, 0.4) is 0 Å². The molecule has 0 aromatic carbocycles. The minimum Gasteiger partial charge on any atom is -0.468 e. The molecule has 0 radical (unpaired) electrons. The smallest absolute Gasteiger partial charge is 0.320 e. The van der Waals surface area contributed by atoms with Gasteiger partial charge in [0, 0.05) is 7.11 Å². The third-order valence-corrected chi connectivity index (χ3v) is 2.56. The van der Waals surface area contributed by atoms with E-state index in [-0.39, 0.29) is 5.60 Å². The van der Waals surface area contributed by atoms with Gasteiger partial charge < -0.3 is 14.2 Å². The highest BCUT2D eigenvalue weighted by Gasteiger charge is 2.30. The molecule has 5 heteroatoms. The zero-order chi connectivity index (χ0) is 12.8. The van der Waals surface area contributed by atoms with Crippen molar-refractivity contribution in [1.82, 2.24) is 0 Å². The van der Waals surface area contributed by atoms with Gasteiger partial charge in [-0.25, -0.2) is 0 Å². The molecule has 0 saturated carbocycles. The Bertz CT molecular complexity index is 231. The van der Waals surface area contributed by atoms with Crippen LogP contribution in [0.25, 0.3) is 0 Å². The largest absolute Gasteiger partial charge is 0.468 e. The summed E-state index contributed by atoms with van der Waals surface area (Å²) >= 11 is 0. The molecule has 5 nitrogen and oxygen atoms in total. The number of methoxy groups -OCH3 is 3. The van der Waals surface area contributed by atoms with E-state index >= 15 is 0 Å². The van der Waals surface area contributed by atoms with Gasteiger partial charge in [-0.15, -0.1) is 0 Å². The number of ether oxygens (including phenoxy) is 3. The zero-order valence-corrected chi connectivity index (χ0v) is 10.5. The van der Waals surface area contributed by atoms with Gasteiger partial charge in [0.2, 0.25) is 0 Å². The Morgan fingerprint density at radius 3 is 1.81 bits per heavy atom. The monoisotopic (exact) mass is 232 g/mol. The Morgan fingerprint density at radius 2 is 1.50 bits per heavy atom.